The number of hydrogen-bond acceptors (Lipinski definition) is 7. The maximum atomic E-state index is 12.9. The Hall–Kier alpha value is -2.87. The molecule has 2 aromatic heterocycles. The molecule has 1 aliphatic heterocycles. The number of aromatic nitrogens is 3. The highest BCUT2D eigenvalue weighted by Crippen LogP contribution is 2.32. The number of nitrogens with zero attached hydrogens (tertiary/aromatic N) is 5. The number of fused-ring (bicyclic) bond motifs is 1. The molecule has 4 rings (SSSR count). The smallest absolute Gasteiger partial charge is 0.347 e. The summed E-state index contributed by atoms with van der Waals surface area (Å²) in [6, 6.07) is 3.67. The van der Waals surface area contributed by atoms with Gasteiger partial charge in [-0.2, -0.15) is 5.10 Å². The van der Waals surface area contributed by atoms with Crippen LogP contribution in [0.5, 0.6) is 5.75 Å². The monoisotopic (exact) mass is 397 g/mol. The maximum Gasteiger partial charge on any atom is 0.347 e. The third-order valence-electron chi connectivity index (χ3n) is 5.54. The van der Waals surface area contributed by atoms with Gasteiger partial charge in [0, 0.05) is 39.3 Å². The zero-order valence-corrected chi connectivity index (χ0v) is 17.6. The van der Waals surface area contributed by atoms with Crippen molar-refractivity contribution in [3.8, 4) is 17.2 Å². The third-order valence-corrected chi connectivity index (χ3v) is 5.54. The van der Waals surface area contributed by atoms with Crippen molar-refractivity contribution in [1.82, 2.24) is 19.7 Å². The third kappa shape index (κ3) is 3.48. The summed E-state index contributed by atoms with van der Waals surface area (Å²) >= 11 is 0. The van der Waals surface area contributed by atoms with Gasteiger partial charge in [-0.15, -0.1) is 0 Å². The lowest BCUT2D eigenvalue weighted by atomic mass is 9.98. The second kappa shape index (κ2) is 7.51. The highest BCUT2D eigenvalue weighted by Gasteiger charge is 2.24. The Bertz CT molecular complexity index is 1090. The van der Waals surface area contributed by atoms with E-state index >= 15 is 0 Å². The van der Waals surface area contributed by atoms with Crippen LogP contribution in [-0.4, -0.2) is 60.0 Å². The van der Waals surface area contributed by atoms with Crippen LogP contribution in [0, 0.1) is 0 Å². The minimum Gasteiger partial charge on any atom is -0.497 e. The zero-order valence-electron chi connectivity index (χ0n) is 17.6. The van der Waals surface area contributed by atoms with Gasteiger partial charge in [-0.25, -0.2) is 9.78 Å². The molecule has 1 fully saturated rings. The molecule has 0 amide bonds. The quantitative estimate of drug-likeness (QED) is 0.669. The first-order valence-electron chi connectivity index (χ1n) is 9.87. The number of rotatable bonds is 4. The normalized spacial score (nSPS) is 15.4. The van der Waals surface area contributed by atoms with Gasteiger partial charge in [0.15, 0.2) is 0 Å². The molecule has 1 aromatic carbocycles. The molecule has 29 heavy (non-hydrogen) atoms. The summed E-state index contributed by atoms with van der Waals surface area (Å²) < 4.78 is 13.0. The van der Waals surface area contributed by atoms with E-state index in [9.17, 15) is 4.79 Å². The molecular weight excluding hydrogens is 370 g/mol. The summed E-state index contributed by atoms with van der Waals surface area (Å²) in [6.07, 6.45) is 1.72. The predicted octanol–water partition coefficient (Wildman–Crippen LogP) is 2.47. The first kappa shape index (κ1) is 19.4. The van der Waals surface area contributed by atoms with Crippen molar-refractivity contribution < 1.29 is 9.15 Å². The van der Waals surface area contributed by atoms with Crippen LogP contribution in [0.1, 0.15) is 25.3 Å². The Morgan fingerprint density at radius 2 is 1.86 bits per heavy atom. The molecule has 1 saturated heterocycles. The van der Waals surface area contributed by atoms with E-state index in [2.05, 4.69) is 21.9 Å². The molecule has 3 heterocycles. The molecule has 0 bridgehead atoms. The van der Waals surface area contributed by atoms with Crippen molar-refractivity contribution in [2.75, 3.05) is 45.2 Å². The second-order valence-electron chi connectivity index (χ2n) is 7.87. The average molecular weight is 397 g/mol. The van der Waals surface area contributed by atoms with Crippen molar-refractivity contribution in [1.29, 1.82) is 0 Å². The van der Waals surface area contributed by atoms with E-state index in [-0.39, 0.29) is 17.4 Å². The SMILES string of the molecule is COc1cc(C(C)C)c2c(=O)oc(-c3cnn(C)c3N3CCN(C)CC3)nc2c1. The van der Waals surface area contributed by atoms with Gasteiger partial charge in [-0.05, 0) is 24.6 Å². The largest absolute Gasteiger partial charge is 0.497 e. The maximum absolute atomic E-state index is 12.9. The summed E-state index contributed by atoms with van der Waals surface area (Å²) in [4.78, 5) is 22.2. The van der Waals surface area contributed by atoms with E-state index in [0.717, 1.165) is 43.1 Å². The molecule has 0 unspecified atom stereocenters. The van der Waals surface area contributed by atoms with Crippen LogP contribution < -0.4 is 15.3 Å². The fourth-order valence-electron chi connectivity index (χ4n) is 3.87. The number of aryl methyl sites for hydroxylation is 1. The van der Waals surface area contributed by atoms with Crippen LogP contribution >= 0.6 is 0 Å². The molecule has 0 atom stereocenters. The molecule has 0 spiro atoms. The van der Waals surface area contributed by atoms with E-state index in [1.165, 1.54) is 0 Å². The lowest BCUT2D eigenvalue weighted by molar-refractivity contribution is 0.311. The fraction of sp³-hybridized carbons (Fsp3) is 0.476. The van der Waals surface area contributed by atoms with E-state index in [1.54, 1.807) is 19.4 Å². The fourth-order valence-corrected chi connectivity index (χ4v) is 3.87. The number of piperazine rings is 1. The summed E-state index contributed by atoms with van der Waals surface area (Å²) in [5.41, 5.74) is 1.79. The molecule has 8 nitrogen and oxygen atoms in total. The summed E-state index contributed by atoms with van der Waals surface area (Å²) in [5.74, 6) is 2.02. The number of methoxy groups -OCH3 is 1. The van der Waals surface area contributed by atoms with Gasteiger partial charge in [-0.1, -0.05) is 13.8 Å². The van der Waals surface area contributed by atoms with E-state index in [4.69, 9.17) is 14.1 Å². The van der Waals surface area contributed by atoms with Crippen LogP contribution in [0.2, 0.25) is 0 Å². The predicted molar refractivity (Wildman–Crippen MR) is 113 cm³/mol. The van der Waals surface area contributed by atoms with Crippen molar-refractivity contribution in [3.05, 3.63) is 34.3 Å². The number of likely N-dealkylation sites (N-methyl/N-ethyl adjacent to an activating group) is 1. The van der Waals surface area contributed by atoms with E-state index in [1.807, 2.05) is 31.6 Å². The van der Waals surface area contributed by atoms with Gasteiger partial charge in [0.25, 0.3) is 0 Å². The van der Waals surface area contributed by atoms with Crippen molar-refractivity contribution in [2.24, 2.45) is 7.05 Å². The molecule has 0 radical (unpaired) electrons. The number of hydrogen-bond donors (Lipinski definition) is 0. The minimum absolute atomic E-state index is 0.141. The van der Waals surface area contributed by atoms with Crippen LogP contribution in [0.25, 0.3) is 22.4 Å². The molecule has 0 N–H and O–H groups in total. The van der Waals surface area contributed by atoms with Crippen molar-refractivity contribution >= 4 is 16.7 Å². The Kier molecular flexibility index (Phi) is 5.04. The Balaban J connectivity index is 1.87. The molecule has 1 aliphatic rings. The Morgan fingerprint density at radius 1 is 1.14 bits per heavy atom. The lowest BCUT2D eigenvalue weighted by Gasteiger charge is -2.34. The molecule has 8 heteroatoms. The van der Waals surface area contributed by atoms with Gasteiger partial charge in [0.1, 0.15) is 11.6 Å². The Morgan fingerprint density at radius 3 is 2.52 bits per heavy atom. The number of ether oxygens (including phenoxy) is 1. The van der Waals surface area contributed by atoms with Gasteiger partial charge >= 0.3 is 5.63 Å². The first-order chi connectivity index (χ1) is 13.9. The average Bonchev–Trinajstić information content (AvgIpc) is 3.08. The van der Waals surface area contributed by atoms with Crippen LogP contribution in [0.3, 0.4) is 0 Å². The summed E-state index contributed by atoms with van der Waals surface area (Å²) in [5, 5.41) is 4.92. The van der Waals surface area contributed by atoms with Crippen molar-refractivity contribution in [2.45, 2.75) is 19.8 Å². The lowest BCUT2D eigenvalue weighted by Crippen LogP contribution is -2.45. The summed E-state index contributed by atoms with van der Waals surface area (Å²) in [6.45, 7) is 7.77. The zero-order chi connectivity index (χ0) is 20.7. The van der Waals surface area contributed by atoms with Crippen molar-refractivity contribution in [3.63, 3.8) is 0 Å². The highest BCUT2D eigenvalue weighted by atomic mass is 16.5. The number of anilines is 1. The van der Waals surface area contributed by atoms with Crippen LogP contribution in [0.15, 0.2) is 27.5 Å². The van der Waals surface area contributed by atoms with Crippen LogP contribution in [0.4, 0.5) is 5.82 Å². The number of benzene rings is 1. The topological polar surface area (TPSA) is 76.6 Å². The van der Waals surface area contributed by atoms with E-state index < -0.39 is 0 Å². The molecule has 0 saturated carbocycles. The molecule has 154 valence electrons. The second-order valence-corrected chi connectivity index (χ2v) is 7.87. The van der Waals surface area contributed by atoms with Gasteiger partial charge in [-0.3, -0.25) is 4.68 Å². The highest BCUT2D eigenvalue weighted by molar-refractivity contribution is 5.85. The Labute approximate surface area is 169 Å². The standard InChI is InChI=1S/C21H27N5O3/c1-13(2)15-10-14(28-5)11-17-18(15)21(27)29-19(23-17)16-12-22-25(4)20(16)26-8-6-24(3)7-9-26/h10-13H,6-9H2,1-5H3. The first-order valence-corrected chi connectivity index (χ1v) is 9.87. The molecule has 0 aliphatic carbocycles. The molecule has 3 aromatic rings. The summed E-state index contributed by atoms with van der Waals surface area (Å²) in [7, 11) is 5.63. The van der Waals surface area contributed by atoms with Gasteiger partial charge in [0.05, 0.1) is 29.8 Å². The van der Waals surface area contributed by atoms with Crippen LogP contribution in [-0.2, 0) is 7.05 Å². The molecular formula is C21H27N5O3. The van der Waals surface area contributed by atoms with E-state index in [0.29, 0.717) is 16.7 Å². The minimum atomic E-state index is -0.385. The van der Waals surface area contributed by atoms with Gasteiger partial charge < -0.3 is 19.0 Å². The van der Waals surface area contributed by atoms with Gasteiger partial charge in [0.2, 0.25) is 5.89 Å².